The molecule has 0 saturated carbocycles. The van der Waals surface area contributed by atoms with Crippen LogP contribution in [0.15, 0.2) is 54.6 Å². The fraction of sp³-hybridized carbons (Fsp3) is 0.333. The molecule has 1 fully saturated rings. The molecular formula is C18H21N. The Morgan fingerprint density at radius 3 is 2.26 bits per heavy atom. The zero-order chi connectivity index (χ0) is 13.1. The summed E-state index contributed by atoms with van der Waals surface area (Å²) in [5.74, 6) is 0.864. The Morgan fingerprint density at radius 1 is 0.947 bits per heavy atom. The van der Waals surface area contributed by atoms with E-state index in [2.05, 4.69) is 66.4 Å². The van der Waals surface area contributed by atoms with Gasteiger partial charge in [-0.3, -0.25) is 4.90 Å². The quantitative estimate of drug-likeness (QED) is 0.790. The predicted molar refractivity (Wildman–Crippen MR) is 80.9 cm³/mol. The second-order valence-electron chi connectivity index (χ2n) is 5.69. The Bertz CT molecular complexity index is 515. The highest BCUT2D eigenvalue weighted by atomic mass is 15.1. The van der Waals surface area contributed by atoms with E-state index in [4.69, 9.17) is 0 Å². The third-order valence-corrected chi connectivity index (χ3v) is 3.98. The van der Waals surface area contributed by atoms with Crippen molar-refractivity contribution in [3.8, 4) is 11.1 Å². The number of hydrogen-bond donors (Lipinski definition) is 0. The molecule has 1 unspecified atom stereocenters. The average Bonchev–Trinajstić information content (AvgIpc) is 2.86. The predicted octanol–water partition coefficient (Wildman–Crippen LogP) is 4.20. The van der Waals surface area contributed by atoms with Crippen molar-refractivity contribution < 1.29 is 0 Å². The molecule has 1 saturated heterocycles. The highest BCUT2D eigenvalue weighted by Crippen LogP contribution is 2.21. The van der Waals surface area contributed by atoms with E-state index in [-0.39, 0.29) is 0 Å². The fourth-order valence-corrected chi connectivity index (χ4v) is 2.86. The zero-order valence-corrected chi connectivity index (χ0v) is 11.5. The molecule has 0 amide bonds. The lowest BCUT2D eigenvalue weighted by Crippen LogP contribution is -2.19. The molecule has 0 radical (unpaired) electrons. The molecule has 0 spiro atoms. The molecule has 1 nitrogen and oxygen atoms in total. The maximum atomic E-state index is 2.56. The SMILES string of the molecule is CC1CCN(Cc2ccc(-c3ccccc3)cc2)C1. The first-order valence-electron chi connectivity index (χ1n) is 7.18. The van der Waals surface area contributed by atoms with Crippen LogP contribution < -0.4 is 0 Å². The third kappa shape index (κ3) is 3.05. The standard InChI is InChI=1S/C18H21N/c1-15-11-12-19(13-15)14-16-7-9-18(10-8-16)17-5-3-2-4-6-17/h2-10,15H,11-14H2,1H3. The van der Waals surface area contributed by atoms with E-state index in [0.29, 0.717) is 0 Å². The topological polar surface area (TPSA) is 3.24 Å². The van der Waals surface area contributed by atoms with Crippen molar-refractivity contribution >= 4 is 0 Å². The van der Waals surface area contributed by atoms with Gasteiger partial charge in [0.15, 0.2) is 0 Å². The van der Waals surface area contributed by atoms with Crippen LogP contribution in [0.4, 0.5) is 0 Å². The summed E-state index contributed by atoms with van der Waals surface area (Å²) in [6, 6.07) is 19.6. The van der Waals surface area contributed by atoms with E-state index in [1.54, 1.807) is 0 Å². The Kier molecular flexibility index (Phi) is 3.65. The molecule has 1 aliphatic heterocycles. The monoisotopic (exact) mass is 251 g/mol. The maximum absolute atomic E-state index is 2.56. The Hall–Kier alpha value is -1.60. The molecule has 1 heterocycles. The molecule has 19 heavy (non-hydrogen) atoms. The number of likely N-dealkylation sites (tertiary alicyclic amines) is 1. The van der Waals surface area contributed by atoms with Gasteiger partial charge in [0.2, 0.25) is 0 Å². The Morgan fingerprint density at radius 2 is 1.63 bits per heavy atom. The molecule has 0 aliphatic carbocycles. The smallest absolute Gasteiger partial charge is 0.0233 e. The van der Waals surface area contributed by atoms with Gasteiger partial charge in [-0.05, 0) is 35.6 Å². The summed E-state index contributed by atoms with van der Waals surface area (Å²) in [5, 5.41) is 0. The van der Waals surface area contributed by atoms with Gasteiger partial charge in [0.1, 0.15) is 0 Å². The van der Waals surface area contributed by atoms with Crippen molar-refractivity contribution in [2.24, 2.45) is 5.92 Å². The van der Waals surface area contributed by atoms with E-state index in [1.165, 1.54) is 36.2 Å². The van der Waals surface area contributed by atoms with Gasteiger partial charge >= 0.3 is 0 Å². The van der Waals surface area contributed by atoms with Gasteiger partial charge in [0.05, 0.1) is 0 Å². The summed E-state index contributed by atoms with van der Waals surface area (Å²) in [6.45, 7) is 5.94. The first kappa shape index (κ1) is 12.4. The summed E-state index contributed by atoms with van der Waals surface area (Å²) in [7, 11) is 0. The van der Waals surface area contributed by atoms with Crippen molar-refractivity contribution in [2.45, 2.75) is 19.9 Å². The summed E-state index contributed by atoms with van der Waals surface area (Å²) < 4.78 is 0. The fourth-order valence-electron chi connectivity index (χ4n) is 2.86. The van der Waals surface area contributed by atoms with Crippen molar-refractivity contribution in [2.75, 3.05) is 13.1 Å². The van der Waals surface area contributed by atoms with Crippen LogP contribution in [0.25, 0.3) is 11.1 Å². The van der Waals surface area contributed by atoms with E-state index in [0.717, 1.165) is 12.5 Å². The second-order valence-corrected chi connectivity index (χ2v) is 5.69. The first-order chi connectivity index (χ1) is 9.31. The van der Waals surface area contributed by atoms with Crippen LogP contribution in [0.3, 0.4) is 0 Å². The van der Waals surface area contributed by atoms with Crippen LogP contribution in [0.5, 0.6) is 0 Å². The Balaban J connectivity index is 1.69. The molecular weight excluding hydrogens is 230 g/mol. The summed E-state index contributed by atoms with van der Waals surface area (Å²) in [5.41, 5.74) is 4.02. The molecule has 98 valence electrons. The van der Waals surface area contributed by atoms with E-state index >= 15 is 0 Å². The van der Waals surface area contributed by atoms with Crippen molar-refractivity contribution in [1.82, 2.24) is 4.90 Å². The summed E-state index contributed by atoms with van der Waals surface area (Å²) in [6.07, 6.45) is 1.35. The van der Waals surface area contributed by atoms with Gasteiger partial charge in [-0.2, -0.15) is 0 Å². The van der Waals surface area contributed by atoms with Gasteiger partial charge in [0, 0.05) is 13.1 Å². The molecule has 0 aromatic heterocycles. The molecule has 1 heteroatoms. The van der Waals surface area contributed by atoms with Crippen LogP contribution in [-0.4, -0.2) is 18.0 Å². The molecule has 0 bridgehead atoms. The second kappa shape index (κ2) is 5.58. The zero-order valence-electron chi connectivity index (χ0n) is 11.5. The van der Waals surface area contributed by atoms with Crippen molar-refractivity contribution in [3.63, 3.8) is 0 Å². The molecule has 1 aliphatic rings. The highest BCUT2D eigenvalue weighted by molar-refractivity contribution is 5.63. The van der Waals surface area contributed by atoms with Gasteiger partial charge < -0.3 is 0 Å². The molecule has 1 atom stereocenters. The average molecular weight is 251 g/mol. The van der Waals surface area contributed by atoms with Gasteiger partial charge in [-0.1, -0.05) is 61.5 Å². The van der Waals surface area contributed by atoms with Crippen LogP contribution >= 0.6 is 0 Å². The van der Waals surface area contributed by atoms with Crippen LogP contribution in [0.1, 0.15) is 18.9 Å². The minimum atomic E-state index is 0.864. The molecule has 2 aromatic rings. The lowest BCUT2D eigenvalue weighted by molar-refractivity contribution is 0.320. The minimum absolute atomic E-state index is 0.864. The van der Waals surface area contributed by atoms with Crippen LogP contribution in [0, 0.1) is 5.92 Å². The maximum Gasteiger partial charge on any atom is 0.0233 e. The number of nitrogens with zero attached hydrogens (tertiary/aromatic N) is 1. The number of rotatable bonds is 3. The molecule has 2 aromatic carbocycles. The lowest BCUT2D eigenvalue weighted by Gasteiger charge is -2.15. The van der Waals surface area contributed by atoms with Gasteiger partial charge in [0.25, 0.3) is 0 Å². The Labute approximate surface area is 115 Å². The largest absolute Gasteiger partial charge is 0.299 e. The third-order valence-electron chi connectivity index (χ3n) is 3.98. The van der Waals surface area contributed by atoms with E-state index in [1.807, 2.05) is 0 Å². The normalized spacial score (nSPS) is 19.7. The van der Waals surface area contributed by atoms with Gasteiger partial charge in [-0.15, -0.1) is 0 Å². The summed E-state index contributed by atoms with van der Waals surface area (Å²) >= 11 is 0. The lowest BCUT2D eigenvalue weighted by atomic mass is 10.0. The van der Waals surface area contributed by atoms with E-state index in [9.17, 15) is 0 Å². The van der Waals surface area contributed by atoms with Crippen LogP contribution in [-0.2, 0) is 6.54 Å². The van der Waals surface area contributed by atoms with Crippen molar-refractivity contribution in [3.05, 3.63) is 60.2 Å². The summed E-state index contributed by atoms with van der Waals surface area (Å²) in [4.78, 5) is 2.56. The van der Waals surface area contributed by atoms with Crippen LogP contribution in [0.2, 0.25) is 0 Å². The van der Waals surface area contributed by atoms with Crippen molar-refractivity contribution in [1.29, 1.82) is 0 Å². The highest BCUT2D eigenvalue weighted by Gasteiger charge is 2.18. The number of hydrogen-bond acceptors (Lipinski definition) is 1. The first-order valence-corrected chi connectivity index (χ1v) is 7.18. The van der Waals surface area contributed by atoms with Gasteiger partial charge in [-0.25, -0.2) is 0 Å². The van der Waals surface area contributed by atoms with E-state index < -0.39 is 0 Å². The number of benzene rings is 2. The molecule has 0 N–H and O–H groups in total. The molecule has 3 rings (SSSR count). The minimum Gasteiger partial charge on any atom is -0.299 e.